The summed E-state index contributed by atoms with van der Waals surface area (Å²) in [5.41, 5.74) is 7.50. The maximum atomic E-state index is 2.41. The molecule has 136 valence electrons. The highest BCUT2D eigenvalue weighted by Gasteiger charge is 2.27. The number of aromatic nitrogens is 2. The lowest BCUT2D eigenvalue weighted by molar-refractivity contribution is -0.633. The van der Waals surface area contributed by atoms with E-state index in [9.17, 15) is 0 Å². The third-order valence-electron chi connectivity index (χ3n) is 5.64. The number of nitrogens with zero attached hydrogens (tertiary/aromatic N) is 2. The molecule has 0 saturated heterocycles. The topological polar surface area (TPSA) is 8.81 Å². The summed E-state index contributed by atoms with van der Waals surface area (Å²) in [5.74, 6) is 1.20. The molecule has 4 aromatic carbocycles. The Morgan fingerprint density at radius 1 is 0.750 bits per heavy atom. The van der Waals surface area contributed by atoms with Crippen molar-refractivity contribution in [3.05, 3.63) is 96.1 Å². The smallest absolute Gasteiger partial charge is 0.225 e. The molecule has 0 atom stereocenters. The van der Waals surface area contributed by atoms with Crippen molar-refractivity contribution >= 4 is 21.8 Å². The van der Waals surface area contributed by atoms with Gasteiger partial charge in [-0.3, -0.25) is 0 Å². The van der Waals surface area contributed by atoms with E-state index in [1.54, 1.807) is 0 Å². The molecule has 0 spiro atoms. The predicted octanol–water partition coefficient (Wildman–Crippen LogP) is 5.89. The molecule has 0 unspecified atom stereocenters. The summed E-state index contributed by atoms with van der Waals surface area (Å²) in [6, 6.07) is 30.5. The molecule has 1 aromatic heterocycles. The van der Waals surface area contributed by atoms with E-state index in [-0.39, 0.29) is 0 Å². The van der Waals surface area contributed by atoms with Crippen molar-refractivity contribution in [2.45, 2.75) is 13.8 Å². The summed E-state index contributed by atoms with van der Waals surface area (Å²) < 4.78 is 4.73. The van der Waals surface area contributed by atoms with Gasteiger partial charge in [-0.25, -0.2) is 4.57 Å². The Labute approximate surface area is 165 Å². The maximum absolute atomic E-state index is 2.41. The first-order chi connectivity index (χ1) is 13.6. The van der Waals surface area contributed by atoms with E-state index < -0.39 is 0 Å². The zero-order valence-corrected chi connectivity index (χ0v) is 16.5. The monoisotopic (exact) mass is 363 g/mol. The average Bonchev–Trinajstić information content (AvgIpc) is 3.00. The normalized spacial score (nSPS) is 11.4. The Kier molecular flexibility index (Phi) is 3.80. The molecule has 0 aliphatic carbocycles. The van der Waals surface area contributed by atoms with Gasteiger partial charge in [0.2, 0.25) is 0 Å². The van der Waals surface area contributed by atoms with E-state index in [0.29, 0.717) is 0 Å². The van der Waals surface area contributed by atoms with Crippen LogP contribution in [-0.2, 0) is 7.05 Å². The summed E-state index contributed by atoms with van der Waals surface area (Å²) in [7, 11) is 2.17. The van der Waals surface area contributed by atoms with Crippen molar-refractivity contribution in [3.8, 4) is 17.1 Å². The second-order valence-electron chi connectivity index (χ2n) is 7.52. The lowest BCUT2D eigenvalue weighted by atomic mass is 10.0. The van der Waals surface area contributed by atoms with Gasteiger partial charge in [-0.05, 0) is 49.1 Å². The molecule has 28 heavy (non-hydrogen) atoms. The standard InChI is InChI=1S/C26H23N2/c1-18-15-16-21(19(2)17-18)26-27(3)24-12-6-7-13-25(24)28(26)23-14-8-10-20-9-4-5-11-22(20)23/h4-17H,1-3H3/q+1. The fourth-order valence-electron chi connectivity index (χ4n) is 4.33. The highest BCUT2D eigenvalue weighted by molar-refractivity contribution is 5.93. The highest BCUT2D eigenvalue weighted by Crippen LogP contribution is 2.32. The number of hydrogen-bond acceptors (Lipinski definition) is 0. The van der Waals surface area contributed by atoms with Gasteiger partial charge >= 0.3 is 0 Å². The molecule has 2 heteroatoms. The van der Waals surface area contributed by atoms with E-state index in [2.05, 4.69) is 115 Å². The van der Waals surface area contributed by atoms with Crippen molar-refractivity contribution in [1.29, 1.82) is 0 Å². The molecule has 0 aliphatic rings. The van der Waals surface area contributed by atoms with Crippen molar-refractivity contribution < 1.29 is 4.57 Å². The molecule has 5 aromatic rings. The first-order valence-electron chi connectivity index (χ1n) is 9.70. The summed E-state index contributed by atoms with van der Waals surface area (Å²) in [6.45, 7) is 4.35. The molecule has 0 aliphatic heterocycles. The number of aryl methyl sites for hydroxylation is 3. The minimum absolute atomic E-state index is 1.20. The Morgan fingerprint density at radius 2 is 1.50 bits per heavy atom. The van der Waals surface area contributed by atoms with Crippen LogP contribution in [0.25, 0.3) is 38.9 Å². The lowest BCUT2D eigenvalue weighted by Crippen LogP contribution is -2.30. The van der Waals surface area contributed by atoms with Gasteiger partial charge in [0.1, 0.15) is 5.69 Å². The minimum Gasteiger partial charge on any atom is -0.225 e. The summed E-state index contributed by atoms with van der Waals surface area (Å²) in [5, 5.41) is 2.52. The van der Waals surface area contributed by atoms with Crippen molar-refractivity contribution in [2.24, 2.45) is 7.05 Å². The summed E-state index contributed by atoms with van der Waals surface area (Å²) in [4.78, 5) is 0. The molecule has 0 radical (unpaired) electrons. The van der Waals surface area contributed by atoms with Crippen molar-refractivity contribution in [1.82, 2.24) is 4.57 Å². The van der Waals surface area contributed by atoms with Crippen molar-refractivity contribution in [3.63, 3.8) is 0 Å². The van der Waals surface area contributed by atoms with Gasteiger partial charge in [-0.15, -0.1) is 0 Å². The average molecular weight is 363 g/mol. The molecular weight excluding hydrogens is 340 g/mol. The van der Waals surface area contributed by atoms with Gasteiger partial charge in [0.05, 0.1) is 12.6 Å². The van der Waals surface area contributed by atoms with E-state index in [1.807, 2.05) is 0 Å². The number of hydrogen-bond donors (Lipinski definition) is 0. The Morgan fingerprint density at radius 3 is 2.36 bits per heavy atom. The predicted molar refractivity (Wildman–Crippen MR) is 117 cm³/mol. The van der Waals surface area contributed by atoms with Gasteiger partial charge in [0.25, 0.3) is 5.82 Å². The van der Waals surface area contributed by atoms with Gasteiger partial charge in [-0.1, -0.05) is 66.2 Å². The van der Waals surface area contributed by atoms with Crippen LogP contribution in [0.3, 0.4) is 0 Å². The zero-order valence-electron chi connectivity index (χ0n) is 16.5. The zero-order chi connectivity index (χ0) is 19.3. The van der Waals surface area contributed by atoms with Crippen LogP contribution in [-0.4, -0.2) is 4.57 Å². The lowest BCUT2D eigenvalue weighted by Gasteiger charge is -2.09. The third-order valence-corrected chi connectivity index (χ3v) is 5.64. The first-order valence-corrected chi connectivity index (χ1v) is 9.70. The molecule has 0 fully saturated rings. The van der Waals surface area contributed by atoms with E-state index in [4.69, 9.17) is 0 Å². The van der Waals surface area contributed by atoms with Crippen LogP contribution in [0.5, 0.6) is 0 Å². The maximum Gasteiger partial charge on any atom is 0.295 e. The third kappa shape index (κ3) is 2.45. The van der Waals surface area contributed by atoms with E-state index >= 15 is 0 Å². The van der Waals surface area contributed by atoms with E-state index in [0.717, 1.165) is 0 Å². The number of benzene rings is 4. The quantitative estimate of drug-likeness (QED) is 0.346. The molecule has 0 amide bonds. The van der Waals surface area contributed by atoms with Crippen LogP contribution in [0.4, 0.5) is 0 Å². The van der Waals surface area contributed by atoms with Gasteiger partial charge in [0, 0.05) is 5.39 Å². The fourth-order valence-corrected chi connectivity index (χ4v) is 4.33. The SMILES string of the molecule is Cc1ccc(-c2n(-c3cccc4ccccc34)c3ccccc3[n+]2C)c(C)c1. The van der Waals surface area contributed by atoms with Crippen LogP contribution in [0, 0.1) is 13.8 Å². The number of rotatable bonds is 2. The van der Waals surface area contributed by atoms with Crippen LogP contribution >= 0.6 is 0 Å². The Bertz CT molecular complexity index is 1340. The van der Waals surface area contributed by atoms with Gasteiger partial charge < -0.3 is 0 Å². The molecule has 1 heterocycles. The number of imidazole rings is 1. The molecule has 0 saturated carbocycles. The molecule has 5 rings (SSSR count). The van der Waals surface area contributed by atoms with Gasteiger partial charge in [0.15, 0.2) is 11.0 Å². The van der Waals surface area contributed by atoms with Crippen LogP contribution < -0.4 is 4.57 Å². The van der Waals surface area contributed by atoms with Gasteiger partial charge in [-0.2, -0.15) is 4.57 Å². The number of para-hydroxylation sites is 2. The molecular formula is C26H23N2+. The largest absolute Gasteiger partial charge is 0.295 e. The summed E-state index contributed by atoms with van der Waals surface area (Å²) >= 11 is 0. The number of fused-ring (bicyclic) bond motifs is 2. The second-order valence-corrected chi connectivity index (χ2v) is 7.52. The molecule has 0 bridgehead atoms. The van der Waals surface area contributed by atoms with Crippen LogP contribution in [0.2, 0.25) is 0 Å². The highest BCUT2D eigenvalue weighted by atomic mass is 15.2. The second kappa shape index (κ2) is 6.35. The fraction of sp³-hybridized carbons (Fsp3) is 0.115. The minimum atomic E-state index is 1.20. The van der Waals surface area contributed by atoms with Crippen LogP contribution in [0.1, 0.15) is 11.1 Å². The first kappa shape index (κ1) is 16.8. The molecule has 0 N–H and O–H groups in total. The molecule has 2 nitrogen and oxygen atoms in total. The van der Waals surface area contributed by atoms with Crippen LogP contribution in [0.15, 0.2) is 84.9 Å². The Balaban J connectivity index is 1.96. The van der Waals surface area contributed by atoms with Crippen molar-refractivity contribution in [2.75, 3.05) is 0 Å². The summed E-state index contributed by atoms with van der Waals surface area (Å²) in [6.07, 6.45) is 0. The van der Waals surface area contributed by atoms with E-state index in [1.165, 1.54) is 50.0 Å². The Hall–Kier alpha value is -3.39.